The van der Waals surface area contributed by atoms with Crippen LogP contribution in [-0.2, 0) is 20.8 Å². The molecule has 0 saturated carbocycles. The van der Waals surface area contributed by atoms with Crippen molar-refractivity contribution in [2.24, 2.45) is 11.8 Å². The molecule has 1 heterocycles. The number of hydrogen-bond acceptors (Lipinski definition) is 6. The topological polar surface area (TPSA) is 111 Å². The molecule has 0 aliphatic carbocycles. The van der Waals surface area contributed by atoms with Gasteiger partial charge >= 0.3 is 0 Å². The highest BCUT2D eigenvalue weighted by Gasteiger charge is 2.40. The number of nitrogens with one attached hydrogen (secondary N) is 3. The van der Waals surface area contributed by atoms with Gasteiger partial charge in [0.2, 0.25) is 17.7 Å². The van der Waals surface area contributed by atoms with Crippen molar-refractivity contribution in [3.8, 4) is 0 Å². The largest absolute Gasteiger partial charge is 0.390 e. The molecule has 1 aliphatic rings. The van der Waals surface area contributed by atoms with Gasteiger partial charge in [0.15, 0.2) is 0 Å². The summed E-state index contributed by atoms with van der Waals surface area (Å²) in [5.41, 5.74) is 0.866. The highest BCUT2D eigenvalue weighted by atomic mass is 16.3. The van der Waals surface area contributed by atoms with E-state index in [1.807, 2.05) is 56.3 Å². The van der Waals surface area contributed by atoms with E-state index in [0.29, 0.717) is 38.3 Å². The number of imide groups is 1. The predicted octanol–water partition coefficient (Wildman–Crippen LogP) is 3.80. The van der Waals surface area contributed by atoms with Gasteiger partial charge in [-0.3, -0.25) is 19.3 Å². The van der Waals surface area contributed by atoms with E-state index in [0.717, 1.165) is 42.1 Å². The Kier molecular flexibility index (Phi) is 13.2. The number of amides is 3. The molecule has 0 aromatic heterocycles. The molecule has 3 atom stereocenters. The highest BCUT2D eigenvalue weighted by molar-refractivity contribution is 6.03. The van der Waals surface area contributed by atoms with E-state index >= 15 is 0 Å². The van der Waals surface area contributed by atoms with Crippen molar-refractivity contribution < 1.29 is 19.5 Å². The first-order valence-corrected chi connectivity index (χ1v) is 15.6. The lowest BCUT2D eigenvalue weighted by Crippen LogP contribution is -2.59. The Morgan fingerprint density at radius 1 is 0.951 bits per heavy atom. The Morgan fingerprint density at radius 2 is 1.66 bits per heavy atom. The minimum absolute atomic E-state index is 0.0336. The van der Waals surface area contributed by atoms with Gasteiger partial charge in [0.1, 0.15) is 6.04 Å². The molecule has 2 aromatic rings. The third-order valence-corrected chi connectivity index (χ3v) is 8.50. The van der Waals surface area contributed by atoms with Crippen molar-refractivity contribution in [2.45, 2.75) is 90.8 Å². The van der Waals surface area contributed by atoms with Gasteiger partial charge in [-0.1, -0.05) is 83.0 Å². The van der Waals surface area contributed by atoms with Crippen LogP contribution in [0.5, 0.6) is 0 Å². The molecule has 4 N–H and O–H groups in total. The summed E-state index contributed by atoms with van der Waals surface area (Å²) in [4.78, 5) is 42.9. The second-order valence-electron chi connectivity index (χ2n) is 11.4. The van der Waals surface area contributed by atoms with E-state index in [4.69, 9.17) is 0 Å². The summed E-state index contributed by atoms with van der Waals surface area (Å²) in [6, 6.07) is 12.5. The Morgan fingerprint density at radius 3 is 2.29 bits per heavy atom. The van der Waals surface area contributed by atoms with Crippen LogP contribution >= 0.6 is 0 Å². The van der Waals surface area contributed by atoms with Gasteiger partial charge in [0.05, 0.1) is 12.1 Å². The number of hydrogen-bond donors (Lipinski definition) is 4. The van der Waals surface area contributed by atoms with Gasteiger partial charge in [0, 0.05) is 25.4 Å². The molecule has 1 unspecified atom stereocenters. The molecule has 41 heavy (non-hydrogen) atoms. The quantitative estimate of drug-likeness (QED) is 0.246. The molecule has 3 amide bonds. The number of nitrogens with zero attached hydrogens (tertiary/aromatic N) is 1. The molecular formula is C33H50N4O4. The maximum atomic E-state index is 13.9. The first kappa shape index (κ1) is 32.7. The zero-order valence-corrected chi connectivity index (χ0v) is 25.3. The van der Waals surface area contributed by atoms with E-state index in [1.165, 1.54) is 4.90 Å². The van der Waals surface area contributed by atoms with E-state index < -0.39 is 24.1 Å². The molecule has 1 fully saturated rings. The molecule has 0 spiro atoms. The zero-order chi connectivity index (χ0) is 29.8. The maximum absolute atomic E-state index is 13.9. The standard InChI is InChI=1S/C33H50N4O4/c1-5-23(6-2)20-34-21-28(38)22-36-31(39)30(19-24-15-16-26-12-9-10-13-27(26)18-24)37(32(40)25(7-3)8-4)33(41)29-14-11-17-35-29/h9-10,12-13,15-16,18,23,25,28-30,34-35,38H,5-8,11,14,17,19-22H2,1-4H3,(H,36,39)/t28?,29-,30+/m0/s1. The molecule has 1 aliphatic heterocycles. The molecule has 0 radical (unpaired) electrons. The van der Waals surface area contributed by atoms with Gasteiger partial charge < -0.3 is 21.1 Å². The fraction of sp³-hybridized carbons (Fsp3) is 0.606. The van der Waals surface area contributed by atoms with Crippen LogP contribution < -0.4 is 16.0 Å². The van der Waals surface area contributed by atoms with Crippen LogP contribution in [0.3, 0.4) is 0 Å². The van der Waals surface area contributed by atoms with Gasteiger partial charge in [-0.15, -0.1) is 0 Å². The van der Waals surface area contributed by atoms with E-state index in [2.05, 4.69) is 29.8 Å². The first-order chi connectivity index (χ1) is 19.8. The van der Waals surface area contributed by atoms with Gasteiger partial charge in [-0.05, 0) is 61.0 Å². The molecule has 0 bridgehead atoms. The van der Waals surface area contributed by atoms with Crippen molar-refractivity contribution in [1.82, 2.24) is 20.9 Å². The normalized spacial score (nSPS) is 16.7. The Hall–Kier alpha value is -2.81. The molecular weight excluding hydrogens is 516 g/mol. The van der Waals surface area contributed by atoms with Crippen LogP contribution in [0, 0.1) is 11.8 Å². The van der Waals surface area contributed by atoms with Crippen LogP contribution in [0.15, 0.2) is 42.5 Å². The average molecular weight is 567 g/mol. The second-order valence-corrected chi connectivity index (χ2v) is 11.4. The Labute approximate surface area is 245 Å². The van der Waals surface area contributed by atoms with Crippen LogP contribution in [0.4, 0.5) is 0 Å². The molecule has 8 nitrogen and oxygen atoms in total. The summed E-state index contributed by atoms with van der Waals surface area (Å²) in [7, 11) is 0. The lowest BCUT2D eigenvalue weighted by Gasteiger charge is -2.34. The lowest BCUT2D eigenvalue weighted by molar-refractivity contribution is -0.155. The van der Waals surface area contributed by atoms with Crippen molar-refractivity contribution in [2.75, 3.05) is 26.2 Å². The number of aliphatic hydroxyl groups is 1. The number of benzene rings is 2. The fourth-order valence-corrected chi connectivity index (χ4v) is 5.64. The van der Waals surface area contributed by atoms with Crippen LogP contribution in [0.1, 0.15) is 71.8 Å². The van der Waals surface area contributed by atoms with E-state index in [9.17, 15) is 19.5 Å². The van der Waals surface area contributed by atoms with Crippen molar-refractivity contribution >= 4 is 28.5 Å². The highest BCUT2D eigenvalue weighted by Crippen LogP contribution is 2.23. The number of fused-ring (bicyclic) bond motifs is 1. The van der Waals surface area contributed by atoms with Crippen LogP contribution in [-0.4, -0.2) is 72.1 Å². The Bertz CT molecular complexity index is 1110. The summed E-state index contributed by atoms with van der Waals surface area (Å²) >= 11 is 0. The monoisotopic (exact) mass is 566 g/mol. The third-order valence-electron chi connectivity index (χ3n) is 8.50. The van der Waals surface area contributed by atoms with Gasteiger partial charge in [-0.2, -0.15) is 0 Å². The smallest absolute Gasteiger partial charge is 0.247 e. The molecule has 226 valence electrons. The SMILES string of the molecule is CCC(CC)CNCC(O)CNC(=O)[C@@H](Cc1ccc2ccccc2c1)N(C(=O)C(CC)CC)C(=O)[C@@H]1CCCN1. The van der Waals surface area contributed by atoms with Crippen LogP contribution in [0.2, 0.25) is 0 Å². The Balaban J connectivity index is 1.86. The van der Waals surface area contributed by atoms with E-state index in [-0.39, 0.29) is 30.7 Å². The predicted molar refractivity (Wildman–Crippen MR) is 164 cm³/mol. The number of carbonyl (C=O) groups is 3. The fourth-order valence-electron chi connectivity index (χ4n) is 5.64. The minimum Gasteiger partial charge on any atom is -0.390 e. The van der Waals surface area contributed by atoms with Crippen molar-refractivity contribution in [3.05, 3.63) is 48.0 Å². The summed E-state index contributed by atoms with van der Waals surface area (Å²) in [6.45, 7) is 10.1. The average Bonchev–Trinajstić information content (AvgIpc) is 3.53. The van der Waals surface area contributed by atoms with E-state index in [1.54, 1.807) is 0 Å². The van der Waals surface area contributed by atoms with Crippen molar-refractivity contribution in [1.29, 1.82) is 0 Å². The summed E-state index contributed by atoms with van der Waals surface area (Å²) in [5, 5.41) is 22.1. The first-order valence-electron chi connectivity index (χ1n) is 15.6. The van der Waals surface area contributed by atoms with Gasteiger partial charge in [-0.25, -0.2) is 0 Å². The number of aliphatic hydroxyl groups excluding tert-OH is 1. The van der Waals surface area contributed by atoms with Gasteiger partial charge in [0.25, 0.3) is 0 Å². The zero-order valence-electron chi connectivity index (χ0n) is 25.3. The maximum Gasteiger partial charge on any atom is 0.247 e. The molecule has 3 rings (SSSR count). The summed E-state index contributed by atoms with van der Waals surface area (Å²) in [6.07, 6.45) is 4.20. The lowest BCUT2D eigenvalue weighted by atomic mass is 9.96. The molecule has 8 heteroatoms. The number of rotatable bonds is 16. The summed E-state index contributed by atoms with van der Waals surface area (Å²) in [5.74, 6) is -0.882. The summed E-state index contributed by atoms with van der Waals surface area (Å²) < 4.78 is 0. The second kappa shape index (κ2) is 16.6. The van der Waals surface area contributed by atoms with Crippen molar-refractivity contribution in [3.63, 3.8) is 0 Å². The molecule has 2 aromatic carbocycles. The third kappa shape index (κ3) is 9.09. The molecule has 1 saturated heterocycles. The minimum atomic E-state index is -1.02. The van der Waals surface area contributed by atoms with Crippen LogP contribution in [0.25, 0.3) is 10.8 Å². The number of carbonyl (C=O) groups excluding carboxylic acids is 3.